The Balaban J connectivity index is 0.948. The number of ether oxygens (including phenoxy) is 1. The Hall–Kier alpha value is -11.5. The Morgan fingerprint density at radius 2 is 0.955 bits per heavy atom. The standard InChI is InChI=1S/C82H56N6O/c1-82(2,3)53-44-45-83-78(46-53)88-74-40-18-13-32-65(74)66-43-42-57(50-76(66)88)89-56-25-19-24-54(47-56)84-51-85-80-68(35-21-41-75(80)87-72-38-16-11-30-63(72)64-31-12-17-39-73(64)87)79-58(52-22-5-4-6-23-52)33-20-34-67(79)59-26-7-8-27-60(59)69-48-55(49-77(84)81(69)85)86-70-36-14-9-28-61(70)62-29-10-15-37-71(62)86/h4-50H,1-3H3/i4D,5D,6D,22D,23D. The van der Waals surface area contributed by atoms with E-state index in [0.29, 0.717) is 22.6 Å². The maximum Gasteiger partial charge on any atom is 0.269 e. The number of imidazole rings is 1. The lowest BCUT2D eigenvalue weighted by molar-refractivity contribution is -0.571. The number of hydrogen-bond donors (Lipinski definition) is 0. The topological polar surface area (TPSA) is 45.7 Å². The van der Waals surface area contributed by atoms with E-state index < -0.39 is 18.1 Å². The van der Waals surface area contributed by atoms with E-state index in [1.165, 1.54) is 5.56 Å². The van der Waals surface area contributed by atoms with Crippen LogP contribution in [0.5, 0.6) is 11.5 Å². The minimum atomic E-state index is -0.452. The van der Waals surface area contributed by atoms with Crippen molar-refractivity contribution < 1.29 is 16.2 Å². The minimum absolute atomic E-state index is 0.0872. The summed E-state index contributed by atoms with van der Waals surface area (Å²) in [5.74, 6) is 2.10. The van der Waals surface area contributed by atoms with Crippen LogP contribution in [-0.2, 0) is 5.41 Å². The predicted octanol–water partition coefficient (Wildman–Crippen LogP) is 20.5. The molecule has 7 heteroatoms. The smallest absolute Gasteiger partial charge is 0.269 e. The molecule has 1 aliphatic heterocycles. The highest BCUT2D eigenvalue weighted by atomic mass is 16.5. The zero-order valence-corrected chi connectivity index (χ0v) is 48.8. The third-order valence-electron chi connectivity index (χ3n) is 18.0. The summed E-state index contributed by atoms with van der Waals surface area (Å²) in [5.41, 5.74) is 17.9. The molecule has 0 atom stereocenters. The van der Waals surface area contributed by atoms with Gasteiger partial charge in [-0.15, -0.1) is 0 Å². The molecule has 0 amide bonds. The quantitative estimate of drug-likeness (QED) is 0.118. The fourth-order valence-electron chi connectivity index (χ4n) is 14.1. The lowest BCUT2D eigenvalue weighted by Crippen LogP contribution is -2.33. The maximum atomic E-state index is 9.61. The second-order valence-corrected chi connectivity index (χ2v) is 24.1. The van der Waals surface area contributed by atoms with Crippen LogP contribution < -0.4 is 9.30 Å². The number of fused-ring (bicyclic) bond motifs is 16. The number of pyridine rings is 1. The van der Waals surface area contributed by atoms with Gasteiger partial charge in [-0.25, -0.2) is 4.98 Å². The first-order valence-corrected chi connectivity index (χ1v) is 30.1. The Bertz CT molecular complexity index is 5970. The molecule has 6 heterocycles. The lowest BCUT2D eigenvalue weighted by atomic mass is 9.84. The summed E-state index contributed by atoms with van der Waals surface area (Å²) < 4.78 is 64.5. The zero-order valence-electron chi connectivity index (χ0n) is 53.8. The minimum Gasteiger partial charge on any atom is -0.458 e. The molecule has 0 radical (unpaired) electrons. The lowest BCUT2D eigenvalue weighted by Gasteiger charge is -2.22. The molecule has 0 saturated carbocycles. The summed E-state index contributed by atoms with van der Waals surface area (Å²) in [6.45, 7) is 6.67. The van der Waals surface area contributed by atoms with Crippen molar-refractivity contribution >= 4 is 76.5 Å². The normalized spacial score (nSPS) is 13.0. The van der Waals surface area contributed by atoms with Gasteiger partial charge in [-0.05, 0) is 146 Å². The van der Waals surface area contributed by atoms with Crippen LogP contribution in [0.4, 0.5) is 0 Å². The van der Waals surface area contributed by atoms with Crippen molar-refractivity contribution in [3.8, 4) is 84.6 Å². The molecule has 0 unspecified atom stereocenters. The van der Waals surface area contributed by atoms with Gasteiger partial charge in [0.1, 0.15) is 17.3 Å². The predicted molar refractivity (Wildman–Crippen MR) is 365 cm³/mol. The Morgan fingerprint density at radius 1 is 0.416 bits per heavy atom. The van der Waals surface area contributed by atoms with Crippen LogP contribution in [0, 0.1) is 6.33 Å². The molecule has 89 heavy (non-hydrogen) atoms. The van der Waals surface area contributed by atoms with Gasteiger partial charge in [0.15, 0.2) is 0 Å². The maximum absolute atomic E-state index is 9.61. The molecule has 12 aromatic carbocycles. The molecule has 420 valence electrons. The van der Waals surface area contributed by atoms with Gasteiger partial charge in [0.25, 0.3) is 6.33 Å². The van der Waals surface area contributed by atoms with Crippen LogP contribution in [0.3, 0.4) is 0 Å². The number of hydrogen-bond acceptors (Lipinski definition) is 2. The van der Waals surface area contributed by atoms with E-state index in [4.69, 9.17) is 13.8 Å². The highest BCUT2D eigenvalue weighted by Gasteiger charge is 2.31. The average Bonchev–Trinajstić information content (AvgIpc) is 1.51. The second-order valence-electron chi connectivity index (χ2n) is 24.1. The summed E-state index contributed by atoms with van der Waals surface area (Å²) in [4.78, 5) is 4.96. The number of benzene rings is 12. The van der Waals surface area contributed by atoms with Gasteiger partial charge in [0.05, 0.1) is 68.0 Å². The van der Waals surface area contributed by atoms with Gasteiger partial charge < -0.3 is 13.9 Å². The highest BCUT2D eigenvalue weighted by Crippen LogP contribution is 2.50. The molecule has 7 nitrogen and oxygen atoms in total. The molecule has 0 fully saturated rings. The second kappa shape index (κ2) is 19.5. The van der Waals surface area contributed by atoms with Gasteiger partial charge in [0, 0.05) is 50.3 Å². The van der Waals surface area contributed by atoms with E-state index in [9.17, 15) is 2.74 Å². The number of rotatable bonds is 7. The molecular weight excluding hydrogens is 1080 g/mol. The van der Waals surface area contributed by atoms with Crippen molar-refractivity contribution in [3.63, 3.8) is 0 Å². The van der Waals surface area contributed by atoms with Crippen LogP contribution >= 0.6 is 0 Å². The van der Waals surface area contributed by atoms with Crippen molar-refractivity contribution in [1.82, 2.24) is 23.3 Å². The summed E-state index contributed by atoms with van der Waals surface area (Å²) in [5, 5.41) is 6.65. The Labute approximate surface area is 521 Å². The largest absolute Gasteiger partial charge is 0.458 e. The molecule has 0 N–H and O–H groups in total. The zero-order chi connectivity index (χ0) is 63.4. The summed E-state index contributed by atoms with van der Waals surface area (Å²) in [6, 6.07) is 84.9. The van der Waals surface area contributed by atoms with E-state index in [1.807, 2.05) is 36.5 Å². The molecule has 5 aromatic heterocycles. The van der Waals surface area contributed by atoms with Gasteiger partial charge in [-0.1, -0.05) is 203 Å². The fraction of sp³-hybridized carbons (Fsp3) is 0.0488. The number of para-hydroxylation sites is 6. The van der Waals surface area contributed by atoms with E-state index in [2.05, 4.69) is 268 Å². The highest BCUT2D eigenvalue weighted by molar-refractivity contribution is 6.13. The number of nitrogens with zero attached hydrogens (tertiary/aromatic N) is 6. The van der Waals surface area contributed by atoms with Crippen molar-refractivity contribution in [3.05, 3.63) is 297 Å². The molecule has 1 aliphatic rings. The molecule has 18 rings (SSSR count). The monoisotopic (exact) mass is 1150 g/mol. The summed E-state index contributed by atoms with van der Waals surface area (Å²) >= 11 is 0. The van der Waals surface area contributed by atoms with Crippen molar-refractivity contribution in [1.29, 1.82) is 0 Å². The van der Waals surface area contributed by atoms with E-state index >= 15 is 0 Å². The van der Waals surface area contributed by atoms with Gasteiger partial charge in [-0.3, -0.25) is 13.7 Å². The molecule has 17 aromatic rings. The molecule has 0 bridgehead atoms. The van der Waals surface area contributed by atoms with Crippen LogP contribution in [0.2, 0.25) is 0 Å². The molecule has 0 aliphatic carbocycles. The van der Waals surface area contributed by atoms with Gasteiger partial charge in [0.2, 0.25) is 0 Å². The summed E-state index contributed by atoms with van der Waals surface area (Å²) in [7, 11) is 0. The van der Waals surface area contributed by atoms with E-state index in [0.717, 1.165) is 133 Å². The summed E-state index contributed by atoms with van der Waals surface area (Å²) in [6.07, 6.45) is 5.97. The molecule has 0 spiro atoms. The van der Waals surface area contributed by atoms with Crippen LogP contribution in [0.1, 0.15) is 33.2 Å². The van der Waals surface area contributed by atoms with Gasteiger partial charge >= 0.3 is 0 Å². The van der Waals surface area contributed by atoms with Crippen LogP contribution in [0.15, 0.2) is 285 Å². The molecular formula is C82H56N6O. The Kier molecular flexibility index (Phi) is 10.0. The number of aromatic nitrogens is 6. The average molecular weight is 1150 g/mol. The first kappa shape index (κ1) is 45.8. The third kappa shape index (κ3) is 7.78. The SMILES string of the molecule is [2H]c1c([2H])c([2H])c(-c2cccc3c2-c2cccc(-n4c5ccccc5c5ccccc54)c2-[n+]2[c-]n(-c4cccc(Oc5ccc6c7ccccc7n(-c7cc(C(C)(C)C)ccn7)c6c5)c4)c4cc(-n5c6ccccc6c6ccccc65)cc(c42)-c2ccccc2-3)c([2H])c1[2H]. The van der Waals surface area contributed by atoms with Crippen molar-refractivity contribution in [2.45, 2.75) is 26.2 Å². The first-order valence-electron chi connectivity index (χ1n) is 32.6. The van der Waals surface area contributed by atoms with Crippen LogP contribution in [0.25, 0.3) is 150 Å². The first-order chi connectivity index (χ1) is 45.9. The van der Waals surface area contributed by atoms with E-state index in [1.54, 1.807) is 0 Å². The van der Waals surface area contributed by atoms with Crippen molar-refractivity contribution in [2.24, 2.45) is 0 Å². The Morgan fingerprint density at radius 3 is 1.62 bits per heavy atom. The third-order valence-corrected chi connectivity index (χ3v) is 18.0. The van der Waals surface area contributed by atoms with Crippen LogP contribution in [-0.4, -0.2) is 23.3 Å². The fourth-order valence-corrected chi connectivity index (χ4v) is 14.1. The molecule has 0 saturated heterocycles. The van der Waals surface area contributed by atoms with Crippen molar-refractivity contribution in [2.75, 3.05) is 0 Å². The van der Waals surface area contributed by atoms with E-state index in [-0.39, 0.29) is 23.1 Å². The van der Waals surface area contributed by atoms with Gasteiger partial charge in [-0.2, -0.15) is 0 Å².